The Hall–Kier alpha value is -1.42. The largest absolute Gasteiger partial charge is 0.466 e. The molecule has 0 aliphatic heterocycles. The maximum Gasteiger partial charge on any atom is 0.305 e. The summed E-state index contributed by atoms with van der Waals surface area (Å²) < 4.78 is 11.5. The molecule has 0 rings (SSSR count). The fraction of sp³-hybridized carbons (Fsp3) is 0.900. The Morgan fingerprint density at radius 1 is 0.717 bits per heavy atom. The lowest BCUT2D eigenvalue weighted by atomic mass is 10.0. The molecule has 0 aliphatic rings. The van der Waals surface area contributed by atoms with Crippen molar-refractivity contribution in [2.45, 2.75) is 206 Å². The number of hydrogen-bond acceptors (Lipinski definition) is 6. The second kappa shape index (κ2) is 36.4. The number of ether oxygens (including phenoxy) is 2. The average Bonchev–Trinajstić information content (AvgIpc) is 3.05. The van der Waals surface area contributed by atoms with Crippen LogP contribution >= 0.6 is 0 Å². The molecule has 2 atom stereocenters. The van der Waals surface area contributed by atoms with Crippen molar-refractivity contribution >= 4 is 5.97 Å². The molecule has 0 bridgehead atoms. The zero-order valence-corrected chi connectivity index (χ0v) is 30.6. The standard InChI is InChI=1S/C40H76N2O4/c1-4-7-10-15-22-30-38(29-21-12-9-6-3)46-40(44)32-24-17-14-19-26-35-42(36-28-33-41)34-25-18-13-16-23-31-39(43)45-37-27-20-11-8-5-2/h4,38,40,44H,1,5-32,34-37H2,2-3H3. The van der Waals surface area contributed by atoms with E-state index in [0.29, 0.717) is 19.4 Å². The van der Waals surface area contributed by atoms with Gasteiger partial charge in [0.25, 0.3) is 0 Å². The summed E-state index contributed by atoms with van der Waals surface area (Å²) in [5, 5.41) is 19.7. The Morgan fingerprint density at radius 2 is 1.24 bits per heavy atom. The third-order valence-electron chi connectivity index (χ3n) is 8.99. The second-order valence-corrected chi connectivity index (χ2v) is 13.4. The van der Waals surface area contributed by atoms with E-state index in [2.05, 4.69) is 31.4 Å². The fourth-order valence-corrected chi connectivity index (χ4v) is 6.03. The van der Waals surface area contributed by atoms with E-state index in [9.17, 15) is 9.90 Å². The zero-order valence-electron chi connectivity index (χ0n) is 30.6. The van der Waals surface area contributed by atoms with Gasteiger partial charge in [0.15, 0.2) is 6.29 Å². The molecule has 6 heteroatoms. The minimum Gasteiger partial charge on any atom is -0.466 e. The van der Waals surface area contributed by atoms with Crippen molar-refractivity contribution in [3.05, 3.63) is 12.7 Å². The molecular weight excluding hydrogens is 572 g/mol. The SMILES string of the molecule is C=CCCCCCC(CCCCCC)OC(O)CCCCCCCN(CCC#N)CCCCCCCC(=O)OCCCCCCC. The number of carbonyl (C=O) groups is 1. The summed E-state index contributed by atoms with van der Waals surface area (Å²) in [5.74, 6) is -0.0366. The van der Waals surface area contributed by atoms with Gasteiger partial charge >= 0.3 is 5.97 Å². The van der Waals surface area contributed by atoms with Gasteiger partial charge in [-0.25, -0.2) is 0 Å². The number of nitrogens with zero attached hydrogens (tertiary/aromatic N) is 2. The molecule has 46 heavy (non-hydrogen) atoms. The maximum absolute atomic E-state index is 11.9. The van der Waals surface area contributed by atoms with Crippen LogP contribution in [0.4, 0.5) is 0 Å². The lowest BCUT2D eigenvalue weighted by Crippen LogP contribution is -2.27. The van der Waals surface area contributed by atoms with Crippen LogP contribution in [0.1, 0.15) is 194 Å². The number of aliphatic hydroxyl groups is 1. The van der Waals surface area contributed by atoms with Gasteiger partial charge < -0.3 is 19.5 Å². The van der Waals surface area contributed by atoms with Crippen molar-refractivity contribution in [3.63, 3.8) is 0 Å². The number of nitriles is 1. The average molecular weight is 649 g/mol. The minimum atomic E-state index is -0.634. The van der Waals surface area contributed by atoms with Crippen LogP contribution in [-0.4, -0.2) is 54.6 Å². The number of carbonyl (C=O) groups excluding carboxylic acids is 1. The van der Waals surface area contributed by atoms with Gasteiger partial charge in [-0.1, -0.05) is 123 Å². The van der Waals surface area contributed by atoms with Crippen molar-refractivity contribution in [3.8, 4) is 6.07 Å². The van der Waals surface area contributed by atoms with E-state index in [4.69, 9.17) is 14.7 Å². The predicted octanol–water partition coefficient (Wildman–Crippen LogP) is 11.2. The molecule has 1 N–H and O–H groups in total. The normalized spacial score (nSPS) is 12.7. The van der Waals surface area contributed by atoms with E-state index in [1.807, 2.05) is 6.08 Å². The molecule has 0 aromatic rings. The van der Waals surface area contributed by atoms with Crippen LogP contribution in [-0.2, 0) is 14.3 Å². The molecule has 0 fully saturated rings. The summed E-state index contributed by atoms with van der Waals surface area (Å²) in [6.45, 7) is 11.8. The van der Waals surface area contributed by atoms with Crippen molar-refractivity contribution in [2.75, 3.05) is 26.2 Å². The highest BCUT2D eigenvalue weighted by Gasteiger charge is 2.14. The van der Waals surface area contributed by atoms with Crippen LogP contribution < -0.4 is 0 Å². The second-order valence-electron chi connectivity index (χ2n) is 13.4. The smallest absolute Gasteiger partial charge is 0.305 e. The molecule has 0 aromatic heterocycles. The van der Waals surface area contributed by atoms with Crippen molar-refractivity contribution in [2.24, 2.45) is 0 Å². The van der Waals surface area contributed by atoms with Crippen LogP contribution in [0.15, 0.2) is 12.7 Å². The molecule has 0 amide bonds. The van der Waals surface area contributed by atoms with E-state index in [1.165, 1.54) is 83.5 Å². The summed E-state index contributed by atoms with van der Waals surface area (Å²) in [6, 6.07) is 2.31. The van der Waals surface area contributed by atoms with E-state index in [0.717, 1.165) is 103 Å². The number of esters is 1. The first kappa shape index (κ1) is 44.6. The highest BCUT2D eigenvalue weighted by atomic mass is 16.6. The Bertz CT molecular complexity index is 695. The molecule has 6 nitrogen and oxygen atoms in total. The minimum absolute atomic E-state index is 0.0366. The lowest BCUT2D eigenvalue weighted by Gasteiger charge is -2.22. The van der Waals surface area contributed by atoms with Gasteiger partial charge in [0.2, 0.25) is 0 Å². The van der Waals surface area contributed by atoms with Crippen molar-refractivity contribution in [1.82, 2.24) is 4.90 Å². The summed E-state index contributed by atoms with van der Waals surface area (Å²) in [6.07, 6.45) is 32.3. The molecule has 0 saturated carbocycles. The monoisotopic (exact) mass is 649 g/mol. The Balaban J connectivity index is 3.98. The summed E-state index contributed by atoms with van der Waals surface area (Å²) in [7, 11) is 0. The van der Waals surface area contributed by atoms with Crippen LogP contribution in [0.25, 0.3) is 0 Å². The Morgan fingerprint density at radius 3 is 1.87 bits per heavy atom. The van der Waals surface area contributed by atoms with Gasteiger partial charge in [-0.05, 0) is 77.3 Å². The third-order valence-corrected chi connectivity index (χ3v) is 8.99. The summed E-state index contributed by atoms with van der Waals surface area (Å²) >= 11 is 0. The fourth-order valence-electron chi connectivity index (χ4n) is 6.03. The number of hydrogen-bond donors (Lipinski definition) is 1. The van der Waals surface area contributed by atoms with Crippen LogP contribution in [0.2, 0.25) is 0 Å². The first-order valence-corrected chi connectivity index (χ1v) is 19.8. The van der Waals surface area contributed by atoms with Gasteiger partial charge in [0.05, 0.1) is 18.8 Å². The Labute approximate surface area is 286 Å². The maximum atomic E-state index is 11.9. The molecule has 0 heterocycles. The van der Waals surface area contributed by atoms with Gasteiger partial charge in [0.1, 0.15) is 0 Å². The number of aliphatic hydroxyl groups excluding tert-OH is 1. The van der Waals surface area contributed by atoms with Crippen LogP contribution in [0.3, 0.4) is 0 Å². The third kappa shape index (κ3) is 32.5. The van der Waals surface area contributed by atoms with Gasteiger partial charge in [-0.3, -0.25) is 4.79 Å². The molecule has 0 spiro atoms. The first-order chi connectivity index (χ1) is 22.6. The topological polar surface area (TPSA) is 82.8 Å². The van der Waals surface area contributed by atoms with Gasteiger partial charge in [-0.2, -0.15) is 5.26 Å². The molecule has 0 aliphatic carbocycles. The quantitative estimate of drug-likeness (QED) is 0.0312. The zero-order chi connectivity index (χ0) is 33.8. The van der Waals surface area contributed by atoms with E-state index in [1.54, 1.807) is 0 Å². The first-order valence-electron chi connectivity index (χ1n) is 19.8. The van der Waals surface area contributed by atoms with Gasteiger partial charge in [0, 0.05) is 19.4 Å². The number of unbranched alkanes of at least 4 members (excludes halogenated alkanes) is 18. The Kier molecular flexibility index (Phi) is 35.3. The van der Waals surface area contributed by atoms with Crippen LogP contribution in [0, 0.1) is 11.3 Å². The van der Waals surface area contributed by atoms with E-state index < -0.39 is 6.29 Å². The molecule has 270 valence electrons. The number of allylic oxidation sites excluding steroid dienone is 1. The van der Waals surface area contributed by atoms with Gasteiger partial charge in [-0.15, -0.1) is 6.58 Å². The molecule has 2 unspecified atom stereocenters. The van der Waals surface area contributed by atoms with E-state index in [-0.39, 0.29) is 12.1 Å². The summed E-state index contributed by atoms with van der Waals surface area (Å²) in [5.41, 5.74) is 0. The lowest BCUT2D eigenvalue weighted by molar-refractivity contribution is -0.144. The molecule has 0 aromatic carbocycles. The molecule has 0 radical (unpaired) electrons. The number of rotatable bonds is 37. The predicted molar refractivity (Wildman–Crippen MR) is 195 cm³/mol. The highest BCUT2D eigenvalue weighted by molar-refractivity contribution is 5.69. The van der Waals surface area contributed by atoms with Crippen molar-refractivity contribution < 1.29 is 19.4 Å². The summed E-state index contributed by atoms with van der Waals surface area (Å²) in [4.78, 5) is 14.3. The molecular formula is C40H76N2O4. The highest BCUT2D eigenvalue weighted by Crippen LogP contribution is 2.19. The molecule has 0 saturated heterocycles. The van der Waals surface area contributed by atoms with Crippen LogP contribution in [0.5, 0.6) is 0 Å². The van der Waals surface area contributed by atoms with E-state index >= 15 is 0 Å². The van der Waals surface area contributed by atoms with Crippen molar-refractivity contribution in [1.29, 1.82) is 5.26 Å².